The second-order valence-corrected chi connectivity index (χ2v) is 2.63. The maximum Gasteiger partial charge on any atom is 0.251 e. The largest absolute Gasteiger partial charge is 0.496 e. The number of rotatable bonds is 4. The zero-order valence-electron chi connectivity index (χ0n) is 7.91. The first-order valence-corrected chi connectivity index (χ1v) is 4.22. The maximum absolute atomic E-state index is 11.4. The van der Waals surface area contributed by atoms with Crippen LogP contribution in [-0.2, 0) is 0 Å². The van der Waals surface area contributed by atoms with Gasteiger partial charge in [-0.3, -0.25) is 4.79 Å². The smallest absolute Gasteiger partial charge is 0.251 e. The SMILES string of the molecule is COc1[c]ccc(C(=O)NCCO)c1. The van der Waals surface area contributed by atoms with E-state index in [1.807, 2.05) is 0 Å². The molecule has 0 aliphatic heterocycles. The van der Waals surface area contributed by atoms with Gasteiger partial charge in [0.1, 0.15) is 5.75 Å². The first kappa shape index (κ1) is 10.5. The summed E-state index contributed by atoms with van der Waals surface area (Å²) >= 11 is 0. The predicted molar refractivity (Wildman–Crippen MR) is 51.2 cm³/mol. The number of aliphatic hydroxyl groups excluding tert-OH is 1. The lowest BCUT2D eigenvalue weighted by molar-refractivity contribution is 0.0944. The molecule has 0 saturated heterocycles. The first-order chi connectivity index (χ1) is 6.77. The van der Waals surface area contributed by atoms with E-state index in [-0.39, 0.29) is 19.1 Å². The summed E-state index contributed by atoms with van der Waals surface area (Å²) in [5, 5.41) is 11.1. The highest BCUT2D eigenvalue weighted by Crippen LogP contribution is 2.11. The van der Waals surface area contributed by atoms with Crippen molar-refractivity contribution in [3.8, 4) is 5.75 Å². The van der Waals surface area contributed by atoms with Gasteiger partial charge in [-0.05, 0) is 18.2 Å². The Hall–Kier alpha value is -1.55. The summed E-state index contributed by atoms with van der Waals surface area (Å²) in [5.74, 6) is 0.285. The molecule has 1 aromatic carbocycles. The Morgan fingerprint density at radius 2 is 2.50 bits per heavy atom. The zero-order valence-corrected chi connectivity index (χ0v) is 7.91. The predicted octanol–water partition coefficient (Wildman–Crippen LogP) is 0.217. The number of carbonyl (C=O) groups is 1. The highest BCUT2D eigenvalue weighted by molar-refractivity contribution is 5.94. The van der Waals surface area contributed by atoms with Crippen LogP contribution in [0.2, 0.25) is 0 Å². The van der Waals surface area contributed by atoms with Gasteiger partial charge in [-0.25, -0.2) is 0 Å². The van der Waals surface area contributed by atoms with Crippen molar-refractivity contribution < 1.29 is 14.6 Å². The third-order valence-corrected chi connectivity index (χ3v) is 1.65. The van der Waals surface area contributed by atoms with Gasteiger partial charge in [0.05, 0.1) is 13.7 Å². The van der Waals surface area contributed by atoms with Gasteiger partial charge in [0.2, 0.25) is 0 Å². The van der Waals surface area contributed by atoms with Crippen LogP contribution in [0.4, 0.5) is 0 Å². The van der Waals surface area contributed by atoms with Crippen LogP contribution in [-0.4, -0.2) is 31.3 Å². The molecule has 0 aliphatic rings. The van der Waals surface area contributed by atoms with E-state index in [0.29, 0.717) is 11.3 Å². The minimum Gasteiger partial charge on any atom is -0.496 e. The molecule has 1 radical (unpaired) electrons. The lowest BCUT2D eigenvalue weighted by atomic mass is 10.2. The van der Waals surface area contributed by atoms with Crippen molar-refractivity contribution >= 4 is 5.91 Å². The highest BCUT2D eigenvalue weighted by Gasteiger charge is 2.04. The molecule has 14 heavy (non-hydrogen) atoms. The average Bonchev–Trinajstić information content (AvgIpc) is 2.26. The lowest BCUT2D eigenvalue weighted by Crippen LogP contribution is -2.26. The van der Waals surface area contributed by atoms with E-state index in [2.05, 4.69) is 11.4 Å². The molecule has 1 aromatic rings. The molecule has 0 unspecified atom stereocenters. The summed E-state index contributed by atoms with van der Waals surface area (Å²) in [6, 6.07) is 7.66. The van der Waals surface area contributed by atoms with Crippen molar-refractivity contribution in [3.63, 3.8) is 0 Å². The number of hydrogen-bond acceptors (Lipinski definition) is 3. The van der Waals surface area contributed by atoms with E-state index in [9.17, 15) is 4.79 Å². The number of aliphatic hydroxyl groups is 1. The van der Waals surface area contributed by atoms with Crippen LogP contribution in [0.3, 0.4) is 0 Å². The van der Waals surface area contributed by atoms with Crippen LogP contribution in [0, 0.1) is 6.07 Å². The van der Waals surface area contributed by atoms with E-state index in [4.69, 9.17) is 9.84 Å². The van der Waals surface area contributed by atoms with Crippen LogP contribution < -0.4 is 10.1 Å². The Morgan fingerprint density at radius 3 is 3.14 bits per heavy atom. The van der Waals surface area contributed by atoms with Crippen molar-refractivity contribution in [2.75, 3.05) is 20.3 Å². The molecule has 0 bridgehead atoms. The van der Waals surface area contributed by atoms with E-state index >= 15 is 0 Å². The van der Waals surface area contributed by atoms with Crippen LogP contribution in [0.15, 0.2) is 18.2 Å². The third kappa shape index (κ3) is 2.74. The van der Waals surface area contributed by atoms with E-state index < -0.39 is 0 Å². The lowest BCUT2D eigenvalue weighted by Gasteiger charge is -2.04. The normalized spacial score (nSPS) is 9.57. The van der Waals surface area contributed by atoms with Crippen molar-refractivity contribution in [3.05, 3.63) is 29.8 Å². The Labute approximate surface area is 82.5 Å². The van der Waals surface area contributed by atoms with Gasteiger partial charge in [-0.15, -0.1) is 0 Å². The summed E-state index contributed by atoms with van der Waals surface area (Å²) in [5.41, 5.74) is 0.494. The summed E-state index contributed by atoms with van der Waals surface area (Å²) in [4.78, 5) is 11.4. The van der Waals surface area contributed by atoms with Crippen LogP contribution in [0.25, 0.3) is 0 Å². The second-order valence-electron chi connectivity index (χ2n) is 2.63. The number of methoxy groups -OCH3 is 1. The van der Waals surface area contributed by atoms with Crippen molar-refractivity contribution in [1.29, 1.82) is 0 Å². The van der Waals surface area contributed by atoms with Crippen LogP contribution >= 0.6 is 0 Å². The van der Waals surface area contributed by atoms with Gasteiger partial charge in [-0.1, -0.05) is 0 Å². The fraction of sp³-hybridized carbons (Fsp3) is 0.300. The van der Waals surface area contributed by atoms with Crippen molar-refractivity contribution in [2.24, 2.45) is 0 Å². The first-order valence-electron chi connectivity index (χ1n) is 4.22. The maximum atomic E-state index is 11.4. The highest BCUT2D eigenvalue weighted by atomic mass is 16.5. The molecule has 0 aliphatic carbocycles. The molecule has 0 aromatic heterocycles. The molecule has 0 fully saturated rings. The minimum absolute atomic E-state index is 0.0676. The van der Waals surface area contributed by atoms with Gasteiger partial charge in [0.25, 0.3) is 5.91 Å². The molecule has 2 N–H and O–H groups in total. The summed E-state index contributed by atoms with van der Waals surface area (Å²) in [7, 11) is 1.52. The Bertz CT molecular complexity index is 312. The summed E-state index contributed by atoms with van der Waals surface area (Å²) < 4.78 is 4.92. The number of hydrogen-bond donors (Lipinski definition) is 2. The Balaban J connectivity index is 2.69. The number of amides is 1. The molecule has 0 saturated carbocycles. The van der Waals surface area contributed by atoms with Gasteiger partial charge >= 0.3 is 0 Å². The molecular weight excluding hydrogens is 182 g/mol. The number of carbonyl (C=O) groups excluding carboxylic acids is 1. The van der Waals surface area contributed by atoms with E-state index in [0.717, 1.165) is 0 Å². The molecule has 75 valence electrons. The monoisotopic (exact) mass is 194 g/mol. The standard InChI is InChI=1S/C10H12NO3/c1-14-9-4-2-3-8(7-9)10(13)11-5-6-12/h2-3,7,12H,5-6H2,1H3,(H,11,13). The number of ether oxygens (including phenoxy) is 1. The van der Waals surface area contributed by atoms with Crippen LogP contribution in [0.1, 0.15) is 10.4 Å². The summed E-state index contributed by atoms with van der Waals surface area (Å²) in [6.07, 6.45) is 0. The molecule has 4 heteroatoms. The third-order valence-electron chi connectivity index (χ3n) is 1.65. The van der Waals surface area contributed by atoms with Gasteiger partial charge in [-0.2, -0.15) is 0 Å². The van der Waals surface area contributed by atoms with Gasteiger partial charge < -0.3 is 15.2 Å². The molecule has 1 amide bonds. The average molecular weight is 194 g/mol. The number of nitrogens with one attached hydrogen (secondary N) is 1. The van der Waals surface area contributed by atoms with Crippen molar-refractivity contribution in [2.45, 2.75) is 0 Å². The topological polar surface area (TPSA) is 58.6 Å². The molecule has 4 nitrogen and oxygen atoms in total. The zero-order chi connectivity index (χ0) is 10.4. The minimum atomic E-state index is -0.230. The van der Waals surface area contributed by atoms with E-state index in [1.54, 1.807) is 18.2 Å². The molecule has 1 rings (SSSR count). The molecule has 0 atom stereocenters. The fourth-order valence-electron chi connectivity index (χ4n) is 0.975. The quantitative estimate of drug-likeness (QED) is 0.720. The van der Waals surface area contributed by atoms with Crippen LogP contribution in [0.5, 0.6) is 5.75 Å². The second kappa shape index (κ2) is 5.24. The fourth-order valence-corrected chi connectivity index (χ4v) is 0.975. The summed E-state index contributed by atoms with van der Waals surface area (Å²) in [6.45, 7) is 0.182. The Morgan fingerprint density at radius 1 is 1.71 bits per heavy atom. The van der Waals surface area contributed by atoms with Gasteiger partial charge in [0.15, 0.2) is 0 Å². The molecular formula is C10H12NO3. The number of benzene rings is 1. The molecule has 0 heterocycles. The van der Waals surface area contributed by atoms with E-state index in [1.165, 1.54) is 7.11 Å². The van der Waals surface area contributed by atoms with Gasteiger partial charge in [0, 0.05) is 18.2 Å². The molecule has 0 spiro atoms. The van der Waals surface area contributed by atoms with Crippen molar-refractivity contribution in [1.82, 2.24) is 5.32 Å². The Kier molecular flexibility index (Phi) is 3.94.